The van der Waals surface area contributed by atoms with Crippen LogP contribution in [0.1, 0.15) is 0 Å². The SMILES string of the molecule is NC(=O)NNS(=O)(=O)OC(N)=O. The van der Waals surface area contributed by atoms with Crippen LogP contribution in [-0.2, 0) is 14.5 Å². The molecule has 0 radical (unpaired) electrons. The first-order chi connectivity index (χ1) is 5.33. The normalized spacial score (nSPS) is 10.3. The Balaban J connectivity index is 4.06. The van der Waals surface area contributed by atoms with Crippen molar-refractivity contribution in [1.29, 1.82) is 0 Å². The molecule has 0 fully saturated rings. The first-order valence-electron chi connectivity index (χ1n) is 2.39. The largest absolute Gasteiger partial charge is 0.421 e. The van der Waals surface area contributed by atoms with Gasteiger partial charge in [-0.3, -0.25) is 5.43 Å². The van der Waals surface area contributed by atoms with E-state index in [1.807, 2.05) is 0 Å². The van der Waals surface area contributed by atoms with Gasteiger partial charge in [-0.15, -0.1) is 0 Å². The molecular weight excluding hydrogens is 192 g/mol. The van der Waals surface area contributed by atoms with E-state index in [0.29, 0.717) is 0 Å². The summed E-state index contributed by atoms with van der Waals surface area (Å²) in [7, 11) is -4.41. The highest BCUT2D eigenvalue weighted by Gasteiger charge is 2.13. The first-order valence-corrected chi connectivity index (χ1v) is 3.80. The van der Waals surface area contributed by atoms with Crippen molar-refractivity contribution in [2.24, 2.45) is 11.5 Å². The molecule has 0 bridgehead atoms. The maximum atomic E-state index is 10.4. The van der Waals surface area contributed by atoms with E-state index in [0.717, 1.165) is 0 Å². The Hall–Kier alpha value is -1.55. The van der Waals surface area contributed by atoms with Crippen molar-refractivity contribution in [1.82, 2.24) is 10.3 Å². The van der Waals surface area contributed by atoms with Crippen molar-refractivity contribution in [2.45, 2.75) is 0 Å². The lowest BCUT2D eigenvalue weighted by molar-refractivity contribution is 0.210. The molecule has 0 unspecified atom stereocenters. The van der Waals surface area contributed by atoms with Crippen LogP contribution in [0.4, 0.5) is 9.59 Å². The summed E-state index contributed by atoms with van der Waals surface area (Å²) >= 11 is 0. The first kappa shape index (κ1) is 10.4. The molecule has 0 saturated carbocycles. The number of carbonyl (C=O) groups excluding carboxylic acids is 2. The number of amides is 3. The number of carbonyl (C=O) groups is 2. The standard InChI is InChI=1S/C2H6N4O5S/c3-1(7)5-6-12(9,10)11-2(4)8/h6H,(H2,4,8)(H3,3,5,7). The third-order valence-corrected chi connectivity index (χ3v) is 1.23. The molecule has 10 heteroatoms. The minimum Gasteiger partial charge on any atom is -0.351 e. The second-order valence-corrected chi connectivity index (χ2v) is 2.73. The van der Waals surface area contributed by atoms with Gasteiger partial charge in [-0.25, -0.2) is 9.59 Å². The zero-order valence-corrected chi connectivity index (χ0v) is 6.42. The quantitative estimate of drug-likeness (QED) is 0.369. The number of rotatable bonds is 3. The van der Waals surface area contributed by atoms with E-state index in [-0.39, 0.29) is 0 Å². The van der Waals surface area contributed by atoms with Gasteiger partial charge in [0, 0.05) is 0 Å². The predicted octanol–water partition coefficient (Wildman–Crippen LogP) is -2.50. The van der Waals surface area contributed by atoms with E-state index >= 15 is 0 Å². The van der Waals surface area contributed by atoms with Crippen molar-refractivity contribution >= 4 is 22.4 Å². The van der Waals surface area contributed by atoms with Gasteiger partial charge in [0.2, 0.25) is 0 Å². The maximum Gasteiger partial charge on any atom is 0.421 e. The summed E-state index contributed by atoms with van der Waals surface area (Å²) in [4.78, 5) is 21.2. The minimum absolute atomic E-state index is 1.16. The van der Waals surface area contributed by atoms with E-state index in [4.69, 9.17) is 0 Å². The maximum absolute atomic E-state index is 10.4. The third kappa shape index (κ3) is 5.25. The molecular formula is C2H6N4O5S. The molecule has 6 N–H and O–H groups in total. The molecule has 3 amide bonds. The van der Waals surface area contributed by atoms with Crippen LogP contribution in [-0.4, -0.2) is 20.5 Å². The van der Waals surface area contributed by atoms with E-state index in [2.05, 4.69) is 15.7 Å². The van der Waals surface area contributed by atoms with Crippen LogP contribution in [0.3, 0.4) is 0 Å². The molecule has 9 nitrogen and oxygen atoms in total. The van der Waals surface area contributed by atoms with Crippen LogP contribution < -0.4 is 21.7 Å². The summed E-state index contributed by atoms with van der Waals surface area (Å²) in [6, 6.07) is -1.16. The predicted molar refractivity (Wildman–Crippen MR) is 35.4 cm³/mol. The molecule has 12 heavy (non-hydrogen) atoms. The van der Waals surface area contributed by atoms with Crippen molar-refractivity contribution in [2.75, 3.05) is 0 Å². The molecule has 0 heterocycles. The van der Waals surface area contributed by atoms with Gasteiger partial charge >= 0.3 is 22.4 Å². The number of nitrogens with two attached hydrogens (primary N) is 2. The summed E-state index contributed by atoms with van der Waals surface area (Å²) < 4.78 is 24.4. The molecule has 0 aliphatic heterocycles. The average Bonchev–Trinajstić information content (AvgIpc) is 1.81. The smallest absolute Gasteiger partial charge is 0.351 e. The number of hydrazine groups is 1. The molecule has 0 aromatic rings. The lowest BCUT2D eigenvalue weighted by Gasteiger charge is -2.03. The van der Waals surface area contributed by atoms with Gasteiger partial charge in [-0.05, 0) is 0 Å². The van der Waals surface area contributed by atoms with E-state index in [9.17, 15) is 18.0 Å². The van der Waals surface area contributed by atoms with Crippen molar-refractivity contribution in [3.8, 4) is 0 Å². The van der Waals surface area contributed by atoms with Gasteiger partial charge < -0.3 is 15.7 Å². The molecule has 0 aromatic heterocycles. The second kappa shape index (κ2) is 3.73. The van der Waals surface area contributed by atoms with Gasteiger partial charge in [-0.1, -0.05) is 4.83 Å². The molecule has 0 aliphatic carbocycles. The van der Waals surface area contributed by atoms with Gasteiger partial charge in [-0.2, -0.15) is 8.42 Å². The van der Waals surface area contributed by atoms with Crippen LogP contribution >= 0.6 is 0 Å². The fourth-order valence-electron chi connectivity index (χ4n) is 0.242. The second-order valence-electron chi connectivity index (χ2n) is 1.45. The number of primary amides is 2. The molecule has 0 atom stereocenters. The van der Waals surface area contributed by atoms with Gasteiger partial charge in [0.1, 0.15) is 0 Å². The van der Waals surface area contributed by atoms with Crippen LogP contribution in [0.5, 0.6) is 0 Å². The molecule has 0 spiro atoms. The Morgan fingerprint density at radius 3 is 2.08 bits per heavy atom. The summed E-state index contributed by atoms with van der Waals surface area (Å²) in [5.74, 6) is 0. The zero-order valence-electron chi connectivity index (χ0n) is 5.60. The number of hydrogen-bond donors (Lipinski definition) is 4. The van der Waals surface area contributed by atoms with Crippen molar-refractivity contribution in [3.63, 3.8) is 0 Å². The summed E-state index contributed by atoms with van der Waals surface area (Å²) in [6.45, 7) is 0. The Labute approximate surface area is 67.3 Å². The highest BCUT2D eigenvalue weighted by molar-refractivity contribution is 7.85. The Kier molecular flexibility index (Phi) is 3.25. The van der Waals surface area contributed by atoms with Gasteiger partial charge in [0.25, 0.3) is 0 Å². The summed E-state index contributed by atoms with van der Waals surface area (Å²) in [5, 5.41) is 0. The summed E-state index contributed by atoms with van der Waals surface area (Å²) in [5.41, 5.74) is 10.3. The zero-order chi connectivity index (χ0) is 9.78. The van der Waals surface area contributed by atoms with Crippen molar-refractivity contribution < 1.29 is 22.2 Å². The Bertz CT molecular complexity index is 282. The number of urea groups is 1. The molecule has 70 valence electrons. The Morgan fingerprint density at radius 1 is 1.25 bits per heavy atom. The lowest BCUT2D eigenvalue weighted by atomic mass is 11.2. The van der Waals surface area contributed by atoms with Crippen LogP contribution in [0.25, 0.3) is 0 Å². The topological polar surface area (TPSA) is 154 Å². The van der Waals surface area contributed by atoms with Crippen LogP contribution in [0.2, 0.25) is 0 Å². The average molecular weight is 198 g/mol. The van der Waals surface area contributed by atoms with E-state index in [1.54, 1.807) is 0 Å². The molecule has 0 aliphatic rings. The molecule has 0 aromatic carbocycles. The molecule has 0 rings (SSSR count). The van der Waals surface area contributed by atoms with E-state index in [1.165, 1.54) is 10.3 Å². The highest BCUT2D eigenvalue weighted by Crippen LogP contribution is 1.83. The van der Waals surface area contributed by atoms with Crippen LogP contribution in [0, 0.1) is 0 Å². The highest BCUT2D eigenvalue weighted by atomic mass is 32.2. The third-order valence-electron chi connectivity index (χ3n) is 0.491. The number of hydrogen-bond acceptors (Lipinski definition) is 5. The number of nitrogens with one attached hydrogen (secondary N) is 2. The lowest BCUT2D eigenvalue weighted by Crippen LogP contribution is -2.46. The van der Waals surface area contributed by atoms with Crippen molar-refractivity contribution in [3.05, 3.63) is 0 Å². The minimum atomic E-state index is -4.41. The van der Waals surface area contributed by atoms with Gasteiger partial charge in [0.05, 0.1) is 0 Å². The molecule has 0 saturated heterocycles. The fourth-order valence-corrected chi connectivity index (χ4v) is 0.725. The van der Waals surface area contributed by atoms with Gasteiger partial charge in [0.15, 0.2) is 0 Å². The summed E-state index contributed by atoms with van der Waals surface area (Å²) in [6.07, 6.45) is -1.53. The van der Waals surface area contributed by atoms with Crippen LogP contribution in [0.15, 0.2) is 0 Å². The fraction of sp³-hybridized carbons (Fsp3) is 0. The van der Waals surface area contributed by atoms with E-state index < -0.39 is 22.4 Å². The Morgan fingerprint density at radius 2 is 1.75 bits per heavy atom. The monoisotopic (exact) mass is 198 g/mol.